The number of carbonyl (C=O) groups is 1. The molecule has 1 amide bonds. The van der Waals surface area contributed by atoms with Crippen LogP contribution in [0.4, 0.5) is 4.39 Å². The summed E-state index contributed by atoms with van der Waals surface area (Å²) in [4.78, 5) is 13.3. The second-order valence-electron chi connectivity index (χ2n) is 8.48. The van der Waals surface area contributed by atoms with Gasteiger partial charge in [0.2, 0.25) is 0 Å². The molecule has 2 aromatic carbocycles. The van der Waals surface area contributed by atoms with Crippen LogP contribution < -0.4 is 5.32 Å². The highest BCUT2D eigenvalue weighted by Crippen LogP contribution is 2.39. The highest BCUT2D eigenvalue weighted by atomic mass is 35.5. The predicted octanol–water partition coefficient (Wildman–Crippen LogP) is 5.75. The number of fused-ring (bicyclic) bond motifs is 1. The zero-order valence-corrected chi connectivity index (χ0v) is 20.4. The second kappa shape index (κ2) is 9.74. The largest absolute Gasteiger partial charge is 0.391 e. The molecule has 5 nitrogen and oxygen atoms in total. The van der Waals surface area contributed by atoms with Crippen molar-refractivity contribution in [2.45, 2.75) is 37.2 Å². The van der Waals surface area contributed by atoms with Gasteiger partial charge in [0.1, 0.15) is 5.82 Å². The zero-order chi connectivity index (χ0) is 23.8. The molecule has 1 aliphatic carbocycles. The van der Waals surface area contributed by atoms with Crippen LogP contribution >= 0.6 is 35.0 Å². The second-order valence-corrected chi connectivity index (χ2v) is 10.3. The molecule has 0 spiro atoms. The zero-order valence-electron chi connectivity index (χ0n) is 18.1. The van der Waals surface area contributed by atoms with Crippen LogP contribution in [0.1, 0.15) is 46.6 Å². The molecule has 5 rings (SSSR count). The molecule has 2 heterocycles. The van der Waals surface area contributed by atoms with Crippen molar-refractivity contribution >= 4 is 52.5 Å². The summed E-state index contributed by atoms with van der Waals surface area (Å²) in [5.41, 5.74) is 4.33. The molecule has 0 radical (unpaired) electrons. The van der Waals surface area contributed by atoms with Crippen molar-refractivity contribution < 1.29 is 14.3 Å². The maximum atomic E-state index is 13.4. The highest BCUT2D eigenvalue weighted by molar-refractivity contribution is 7.99. The van der Waals surface area contributed by atoms with Gasteiger partial charge in [-0.1, -0.05) is 35.3 Å². The third kappa shape index (κ3) is 4.62. The number of aliphatic hydroxyl groups is 1. The maximum Gasteiger partial charge on any atom is 0.272 e. The van der Waals surface area contributed by atoms with E-state index in [1.165, 1.54) is 12.1 Å². The molecule has 3 aromatic rings. The number of amides is 1. The fourth-order valence-corrected chi connectivity index (χ4v) is 5.98. The lowest BCUT2D eigenvalue weighted by atomic mass is 10.0. The summed E-state index contributed by atoms with van der Waals surface area (Å²) in [7, 11) is 0. The van der Waals surface area contributed by atoms with E-state index >= 15 is 0 Å². The van der Waals surface area contributed by atoms with Crippen LogP contribution in [0.25, 0.3) is 17.3 Å². The lowest BCUT2D eigenvalue weighted by Gasteiger charge is -2.19. The molecule has 2 aliphatic rings. The summed E-state index contributed by atoms with van der Waals surface area (Å²) in [5.74, 6) is 0.697. The molecule has 9 heteroatoms. The van der Waals surface area contributed by atoms with Gasteiger partial charge in [0, 0.05) is 22.1 Å². The Morgan fingerprint density at radius 1 is 1.18 bits per heavy atom. The first-order valence-electron chi connectivity index (χ1n) is 11.0. The Kier molecular flexibility index (Phi) is 6.71. The third-order valence-electron chi connectivity index (χ3n) is 6.15. The van der Waals surface area contributed by atoms with Gasteiger partial charge >= 0.3 is 0 Å². The first-order valence-corrected chi connectivity index (χ1v) is 12.9. The fraction of sp³-hybridized carbons (Fsp3) is 0.280. The Labute approximate surface area is 211 Å². The molecule has 0 unspecified atom stereocenters. The van der Waals surface area contributed by atoms with E-state index in [2.05, 4.69) is 5.32 Å². The number of carbonyl (C=O) groups excluding carboxylic acids is 1. The van der Waals surface area contributed by atoms with Gasteiger partial charge in [-0.25, -0.2) is 9.07 Å². The van der Waals surface area contributed by atoms with Gasteiger partial charge in [0.25, 0.3) is 5.91 Å². The minimum atomic E-state index is -0.545. The summed E-state index contributed by atoms with van der Waals surface area (Å²) in [6.07, 6.45) is 3.73. The Bertz CT molecular complexity index is 1280. The SMILES string of the molecule is O=C(N[C@@H]1CCC[C@H]1O)c1nn(-c2ccc(Cl)cc2Cl)c2c1CSCC2=Cc1ccc(F)cc1. The molecule has 1 aromatic heterocycles. The number of nitrogens with one attached hydrogen (secondary N) is 1. The van der Waals surface area contributed by atoms with Gasteiger partial charge in [-0.05, 0) is 66.8 Å². The van der Waals surface area contributed by atoms with Crippen LogP contribution in [-0.2, 0) is 5.75 Å². The van der Waals surface area contributed by atoms with E-state index in [1.807, 2.05) is 6.08 Å². The number of thioether (sulfide) groups is 1. The average Bonchev–Trinajstić information content (AvgIpc) is 3.39. The molecule has 1 fully saturated rings. The van der Waals surface area contributed by atoms with E-state index in [1.54, 1.807) is 46.8 Å². The summed E-state index contributed by atoms with van der Waals surface area (Å²) >= 11 is 14.3. The van der Waals surface area contributed by atoms with E-state index in [9.17, 15) is 14.3 Å². The maximum absolute atomic E-state index is 13.4. The normalized spacial score (nSPS) is 21.0. The number of benzene rings is 2. The first kappa shape index (κ1) is 23.4. The number of hydrogen-bond donors (Lipinski definition) is 2. The quantitative estimate of drug-likeness (QED) is 0.462. The molecule has 1 aliphatic heterocycles. The first-order chi connectivity index (χ1) is 16.4. The molecular formula is C25H22Cl2FN3O2S. The van der Waals surface area contributed by atoms with Crippen molar-refractivity contribution in [3.8, 4) is 5.69 Å². The van der Waals surface area contributed by atoms with Crippen LogP contribution in [0.5, 0.6) is 0 Å². The van der Waals surface area contributed by atoms with Crippen LogP contribution in [-0.4, -0.2) is 38.7 Å². The predicted molar refractivity (Wildman–Crippen MR) is 135 cm³/mol. The van der Waals surface area contributed by atoms with Crippen molar-refractivity contribution in [3.63, 3.8) is 0 Å². The van der Waals surface area contributed by atoms with Gasteiger partial charge in [-0.3, -0.25) is 4.79 Å². The molecule has 1 saturated carbocycles. The van der Waals surface area contributed by atoms with E-state index in [0.29, 0.717) is 39.4 Å². The number of halogens is 3. The molecule has 2 N–H and O–H groups in total. The molecule has 2 atom stereocenters. The van der Waals surface area contributed by atoms with Crippen molar-refractivity contribution in [1.82, 2.24) is 15.1 Å². The minimum absolute atomic E-state index is 0.280. The Hall–Kier alpha value is -2.32. The van der Waals surface area contributed by atoms with Crippen LogP contribution in [0.3, 0.4) is 0 Å². The summed E-state index contributed by atoms with van der Waals surface area (Å²) in [6.45, 7) is 0. The van der Waals surface area contributed by atoms with Crippen molar-refractivity contribution in [1.29, 1.82) is 0 Å². The van der Waals surface area contributed by atoms with E-state index < -0.39 is 6.10 Å². The molecule has 34 heavy (non-hydrogen) atoms. The average molecular weight is 518 g/mol. The van der Waals surface area contributed by atoms with Crippen molar-refractivity contribution in [2.24, 2.45) is 0 Å². The van der Waals surface area contributed by atoms with Crippen molar-refractivity contribution in [2.75, 3.05) is 5.75 Å². The number of nitrogens with zero attached hydrogens (tertiary/aromatic N) is 2. The molecule has 176 valence electrons. The van der Waals surface area contributed by atoms with Crippen LogP contribution in [0, 0.1) is 5.82 Å². The topological polar surface area (TPSA) is 67.2 Å². The van der Waals surface area contributed by atoms with Gasteiger partial charge in [-0.15, -0.1) is 0 Å². The van der Waals surface area contributed by atoms with E-state index in [4.69, 9.17) is 28.3 Å². The standard InChI is InChI=1S/C25H22Cl2FN3O2S/c26-16-6-9-21(19(27)11-16)31-24-15(10-14-4-7-17(28)8-5-14)12-34-13-18(24)23(30-31)25(33)29-20-2-1-3-22(20)32/h4-11,20,22,32H,1-3,12-13H2,(H,29,33)/t20-,22-/m1/s1. The van der Waals surface area contributed by atoms with Crippen LogP contribution in [0.2, 0.25) is 10.0 Å². The smallest absolute Gasteiger partial charge is 0.272 e. The fourth-order valence-electron chi connectivity index (χ4n) is 4.47. The monoisotopic (exact) mass is 517 g/mol. The van der Waals surface area contributed by atoms with Gasteiger partial charge in [-0.2, -0.15) is 16.9 Å². The summed E-state index contributed by atoms with van der Waals surface area (Å²) < 4.78 is 15.1. The lowest BCUT2D eigenvalue weighted by molar-refractivity contribution is 0.0867. The number of aromatic nitrogens is 2. The number of aliphatic hydroxyl groups excluding tert-OH is 1. The minimum Gasteiger partial charge on any atom is -0.391 e. The number of rotatable bonds is 4. The third-order valence-corrected chi connectivity index (χ3v) is 7.70. The summed E-state index contributed by atoms with van der Waals surface area (Å²) in [6, 6.07) is 11.1. The molecular weight excluding hydrogens is 496 g/mol. The lowest BCUT2D eigenvalue weighted by Crippen LogP contribution is -2.40. The Balaban J connectivity index is 1.63. The van der Waals surface area contributed by atoms with E-state index in [-0.39, 0.29) is 17.8 Å². The highest BCUT2D eigenvalue weighted by Gasteiger charge is 2.32. The molecule has 0 bridgehead atoms. The Morgan fingerprint density at radius 3 is 2.68 bits per heavy atom. The van der Waals surface area contributed by atoms with E-state index in [0.717, 1.165) is 35.2 Å². The molecule has 0 saturated heterocycles. The van der Waals surface area contributed by atoms with Crippen molar-refractivity contribution in [3.05, 3.63) is 80.8 Å². The van der Waals surface area contributed by atoms with Gasteiger partial charge < -0.3 is 10.4 Å². The van der Waals surface area contributed by atoms with Gasteiger partial charge in [0.15, 0.2) is 5.69 Å². The summed E-state index contributed by atoms with van der Waals surface area (Å²) in [5, 5.41) is 18.8. The Morgan fingerprint density at radius 2 is 1.97 bits per heavy atom. The number of hydrogen-bond acceptors (Lipinski definition) is 4. The van der Waals surface area contributed by atoms with Gasteiger partial charge in [0.05, 0.1) is 28.5 Å². The van der Waals surface area contributed by atoms with Crippen LogP contribution in [0.15, 0.2) is 42.5 Å².